The van der Waals surface area contributed by atoms with Crippen molar-refractivity contribution in [2.75, 3.05) is 20.2 Å². The second kappa shape index (κ2) is 6.21. The molecular weight excluding hydrogens is 224 g/mol. The predicted molar refractivity (Wildman–Crippen MR) is 76.9 cm³/mol. The zero-order valence-corrected chi connectivity index (χ0v) is 12.2. The van der Waals surface area contributed by atoms with E-state index in [0.29, 0.717) is 6.04 Å². The number of nitrogens with zero attached hydrogens (tertiary/aromatic N) is 1. The molecule has 102 valence electrons. The van der Waals surface area contributed by atoms with Gasteiger partial charge in [0.25, 0.3) is 0 Å². The quantitative estimate of drug-likeness (QED) is 0.843. The SMILES string of the molecule is CCN(CC(C)(C)N)C(C)c1ccccc1OC. The van der Waals surface area contributed by atoms with Crippen molar-refractivity contribution in [3.05, 3.63) is 29.8 Å². The van der Waals surface area contributed by atoms with Crippen molar-refractivity contribution in [1.29, 1.82) is 0 Å². The predicted octanol–water partition coefficient (Wildman–Crippen LogP) is 2.82. The highest BCUT2D eigenvalue weighted by molar-refractivity contribution is 5.35. The highest BCUT2D eigenvalue weighted by atomic mass is 16.5. The van der Waals surface area contributed by atoms with Crippen molar-refractivity contribution >= 4 is 0 Å². The topological polar surface area (TPSA) is 38.5 Å². The molecule has 0 aliphatic heterocycles. The minimum Gasteiger partial charge on any atom is -0.496 e. The van der Waals surface area contributed by atoms with Crippen LogP contribution in [0, 0.1) is 0 Å². The summed E-state index contributed by atoms with van der Waals surface area (Å²) in [4.78, 5) is 2.37. The molecule has 0 heterocycles. The van der Waals surface area contributed by atoms with Gasteiger partial charge < -0.3 is 10.5 Å². The molecule has 1 rings (SSSR count). The average Bonchev–Trinajstić information content (AvgIpc) is 2.34. The molecule has 1 unspecified atom stereocenters. The van der Waals surface area contributed by atoms with Gasteiger partial charge in [0.2, 0.25) is 0 Å². The third-order valence-electron chi connectivity index (χ3n) is 3.15. The van der Waals surface area contributed by atoms with Crippen LogP contribution in [0.4, 0.5) is 0 Å². The summed E-state index contributed by atoms with van der Waals surface area (Å²) >= 11 is 0. The summed E-state index contributed by atoms with van der Waals surface area (Å²) in [6.07, 6.45) is 0. The largest absolute Gasteiger partial charge is 0.496 e. The van der Waals surface area contributed by atoms with Gasteiger partial charge in [-0.05, 0) is 33.4 Å². The molecule has 0 bridgehead atoms. The molecule has 18 heavy (non-hydrogen) atoms. The van der Waals surface area contributed by atoms with Gasteiger partial charge >= 0.3 is 0 Å². The summed E-state index contributed by atoms with van der Waals surface area (Å²) in [5, 5.41) is 0. The number of nitrogens with two attached hydrogens (primary N) is 1. The van der Waals surface area contributed by atoms with Crippen LogP contribution in [-0.4, -0.2) is 30.6 Å². The molecule has 1 atom stereocenters. The maximum atomic E-state index is 6.13. The fraction of sp³-hybridized carbons (Fsp3) is 0.600. The zero-order valence-electron chi connectivity index (χ0n) is 12.2. The van der Waals surface area contributed by atoms with Crippen LogP contribution in [0.2, 0.25) is 0 Å². The first-order valence-corrected chi connectivity index (χ1v) is 6.55. The number of ether oxygens (including phenoxy) is 1. The lowest BCUT2D eigenvalue weighted by molar-refractivity contribution is 0.180. The van der Waals surface area contributed by atoms with E-state index >= 15 is 0 Å². The van der Waals surface area contributed by atoms with E-state index in [-0.39, 0.29) is 5.54 Å². The summed E-state index contributed by atoms with van der Waals surface area (Å²) < 4.78 is 5.43. The van der Waals surface area contributed by atoms with Crippen LogP contribution in [-0.2, 0) is 0 Å². The molecule has 1 aromatic carbocycles. The van der Waals surface area contributed by atoms with Crippen LogP contribution in [0.15, 0.2) is 24.3 Å². The molecule has 0 fully saturated rings. The second-order valence-corrected chi connectivity index (χ2v) is 5.47. The van der Waals surface area contributed by atoms with Crippen LogP contribution >= 0.6 is 0 Å². The average molecular weight is 250 g/mol. The Labute approximate surface area is 111 Å². The van der Waals surface area contributed by atoms with Crippen LogP contribution in [0.1, 0.15) is 39.3 Å². The number of rotatable bonds is 6. The van der Waals surface area contributed by atoms with Crippen LogP contribution in [0.5, 0.6) is 5.75 Å². The Morgan fingerprint density at radius 1 is 1.33 bits per heavy atom. The van der Waals surface area contributed by atoms with Gasteiger partial charge in [-0.1, -0.05) is 25.1 Å². The number of hydrogen-bond donors (Lipinski definition) is 1. The van der Waals surface area contributed by atoms with Crippen LogP contribution in [0.25, 0.3) is 0 Å². The first-order chi connectivity index (χ1) is 8.39. The molecule has 0 radical (unpaired) electrons. The molecular formula is C15H26N2O. The minimum absolute atomic E-state index is 0.188. The Kier molecular flexibility index (Phi) is 5.17. The van der Waals surface area contributed by atoms with Gasteiger partial charge in [0.15, 0.2) is 0 Å². The van der Waals surface area contributed by atoms with Crippen LogP contribution in [0.3, 0.4) is 0 Å². The number of methoxy groups -OCH3 is 1. The summed E-state index contributed by atoms with van der Waals surface area (Å²) in [7, 11) is 1.72. The standard InChI is InChI=1S/C15H26N2O/c1-6-17(11-15(3,4)16)12(2)13-9-7-8-10-14(13)18-5/h7-10,12H,6,11,16H2,1-5H3. The Morgan fingerprint density at radius 2 is 1.94 bits per heavy atom. The summed E-state index contributed by atoms with van der Waals surface area (Å²) in [6, 6.07) is 8.48. The van der Waals surface area contributed by atoms with Gasteiger partial charge in [-0.3, -0.25) is 4.90 Å². The van der Waals surface area contributed by atoms with Gasteiger partial charge in [-0.15, -0.1) is 0 Å². The molecule has 3 nitrogen and oxygen atoms in total. The smallest absolute Gasteiger partial charge is 0.123 e. The van der Waals surface area contributed by atoms with Gasteiger partial charge in [0.05, 0.1) is 7.11 Å². The molecule has 0 aliphatic rings. The Bertz CT molecular complexity index is 371. The van der Waals surface area contributed by atoms with Crippen molar-refractivity contribution in [2.45, 2.75) is 39.3 Å². The van der Waals surface area contributed by atoms with E-state index in [0.717, 1.165) is 18.8 Å². The van der Waals surface area contributed by atoms with Gasteiger partial charge in [-0.25, -0.2) is 0 Å². The van der Waals surface area contributed by atoms with Crippen molar-refractivity contribution in [3.63, 3.8) is 0 Å². The molecule has 0 saturated carbocycles. The number of para-hydroxylation sites is 1. The third kappa shape index (κ3) is 4.00. The summed E-state index contributed by atoms with van der Waals surface area (Å²) in [5.41, 5.74) is 7.15. The second-order valence-electron chi connectivity index (χ2n) is 5.47. The van der Waals surface area contributed by atoms with Crippen molar-refractivity contribution in [2.24, 2.45) is 5.73 Å². The van der Waals surface area contributed by atoms with Gasteiger partial charge in [-0.2, -0.15) is 0 Å². The molecule has 3 heteroatoms. The van der Waals surface area contributed by atoms with E-state index in [1.807, 2.05) is 12.1 Å². The molecule has 0 amide bonds. The first-order valence-electron chi connectivity index (χ1n) is 6.55. The Hall–Kier alpha value is -1.06. The normalized spacial score (nSPS) is 13.7. The van der Waals surface area contributed by atoms with E-state index in [9.17, 15) is 0 Å². The van der Waals surface area contributed by atoms with E-state index in [1.54, 1.807) is 7.11 Å². The lowest BCUT2D eigenvalue weighted by atomic mass is 10.0. The summed E-state index contributed by atoms with van der Waals surface area (Å²) in [6.45, 7) is 10.3. The van der Waals surface area contributed by atoms with E-state index < -0.39 is 0 Å². The Morgan fingerprint density at radius 3 is 2.44 bits per heavy atom. The fourth-order valence-electron chi connectivity index (χ4n) is 2.25. The van der Waals surface area contributed by atoms with Gasteiger partial charge in [0, 0.05) is 23.7 Å². The molecule has 0 spiro atoms. The van der Waals surface area contributed by atoms with E-state index in [2.05, 4.69) is 44.7 Å². The molecule has 2 N–H and O–H groups in total. The highest BCUT2D eigenvalue weighted by Gasteiger charge is 2.22. The third-order valence-corrected chi connectivity index (χ3v) is 3.15. The van der Waals surface area contributed by atoms with E-state index in [1.165, 1.54) is 5.56 Å². The van der Waals surface area contributed by atoms with Crippen molar-refractivity contribution < 1.29 is 4.74 Å². The van der Waals surface area contributed by atoms with E-state index in [4.69, 9.17) is 10.5 Å². The summed E-state index contributed by atoms with van der Waals surface area (Å²) in [5.74, 6) is 0.943. The molecule has 0 aliphatic carbocycles. The maximum Gasteiger partial charge on any atom is 0.123 e. The number of hydrogen-bond acceptors (Lipinski definition) is 3. The molecule has 0 aromatic heterocycles. The first kappa shape index (κ1) is 15.0. The Balaban J connectivity index is 2.92. The maximum absolute atomic E-state index is 6.13. The number of likely N-dealkylation sites (N-methyl/N-ethyl adjacent to an activating group) is 1. The van der Waals surface area contributed by atoms with Crippen LogP contribution < -0.4 is 10.5 Å². The molecule has 0 saturated heterocycles. The fourth-order valence-corrected chi connectivity index (χ4v) is 2.25. The lowest BCUT2D eigenvalue weighted by Gasteiger charge is -2.34. The highest BCUT2D eigenvalue weighted by Crippen LogP contribution is 2.29. The number of benzene rings is 1. The van der Waals surface area contributed by atoms with Gasteiger partial charge in [0.1, 0.15) is 5.75 Å². The molecule has 1 aromatic rings. The zero-order chi connectivity index (χ0) is 13.8. The van der Waals surface area contributed by atoms with Crippen molar-refractivity contribution in [1.82, 2.24) is 4.90 Å². The van der Waals surface area contributed by atoms with Crippen molar-refractivity contribution in [3.8, 4) is 5.75 Å². The lowest BCUT2D eigenvalue weighted by Crippen LogP contribution is -2.46. The monoisotopic (exact) mass is 250 g/mol. The minimum atomic E-state index is -0.188.